The van der Waals surface area contributed by atoms with Gasteiger partial charge in [0.15, 0.2) is 0 Å². The fourth-order valence-electron chi connectivity index (χ4n) is 7.10. The van der Waals surface area contributed by atoms with E-state index in [0.29, 0.717) is 50.5 Å². The zero-order valence-electron chi connectivity index (χ0n) is 27.4. The molecule has 7 heteroatoms. The minimum atomic E-state index is -0.427. The molecule has 1 aliphatic carbocycles. The highest BCUT2D eigenvalue weighted by molar-refractivity contribution is 5.82. The van der Waals surface area contributed by atoms with Crippen LogP contribution in [-0.4, -0.2) is 61.8 Å². The van der Waals surface area contributed by atoms with E-state index in [1.54, 1.807) is 0 Å². The van der Waals surface area contributed by atoms with Crippen LogP contribution in [0, 0.1) is 11.8 Å². The number of ether oxygens (including phenoxy) is 5. The van der Waals surface area contributed by atoms with Crippen LogP contribution in [0.2, 0.25) is 0 Å². The number of hydrogen-bond donors (Lipinski definition) is 0. The maximum absolute atomic E-state index is 12.9. The second-order valence-electron chi connectivity index (χ2n) is 13.7. The molecule has 1 saturated carbocycles. The highest BCUT2D eigenvalue weighted by atomic mass is 16.6. The summed E-state index contributed by atoms with van der Waals surface area (Å²) in [4.78, 5) is 25.8. The molecule has 3 saturated heterocycles. The van der Waals surface area contributed by atoms with Gasteiger partial charge in [0.25, 0.3) is 0 Å². The van der Waals surface area contributed by atoms with Gasteiger partial charge in [0, 0.05) is 0 Å². The fourth-order valence-corrected chi connectivity index (χ4v) is 7.10. The van der Waals surface area contributed by atoms with E-state index in [2.05, 4.69) is 13.8 Å². The van der Waals surface area contributed by atoms with Crippen LogP contribution in [0.1, 0.15) is 155 Å². The van der Waals surface area contributed by atoms with Gasteiger partial charge in [-0.05, 0) is 51.4 Å². The SMILES string of the molecule is CCC1OC1CCCCCCCCCCOC(=O)C1CC2OC2CC1C(=O)OCCCCCCCCCCC1OC1CC. The maximum atomic E-state index is 12.9. The van der Waals surface area contributed by atoms with Crippen molar-refractivity contribution >= 4 is 11.9 Å². The second-order valence-corrected chi connectivity index (χ2v) is 13.7. The maximum Gasteiger partial charge on any atom is 0.309 e. The average Bonchev–Trinajstić information content (AvgIpc) is 3.91. The van der Waals surface area contributed by atoms with Crippen molar-refractivity contribution in [2.75, 3.05) is 13.2 Å². The number of carbonyl (C=O) groups is 2. The smallest absolute Gasteiger partial charge is 0.309 e. The minimum Gasteiger partial charge on any atom is -0.465 e. The highest BCUT2D eigenvalue weighted by Crippen LogP contribution is 2.44. The quantitative estimate of drug-likeness (QED) is 0.0556. The predicted octanol–water partition coefficient (Wildman–Crippen LogP) is 8.24. The third kappa shape index (κ3) is 13.0. The van der Waals surface area contributed by atoms with Crippen molar-refractivity contribution in [1.29, 1.82) is 0 Å². The molecular weight excluding hydrogens is 544 g/mol. The second kappa shape index (κ2) is 19.4. The Morgan fingerprint density at radius 3 is 1.19 bits per heavy atom. The molecule has 4 rings (SSSR count). The summed E-state index contributed by atoms with van der Waals surface area (Å²) in [6, 6.07) is 0. The number of hydrogen-bond acceptors (Lipinski definition) is 7. The van der Waals surface area contributed by atoms with E-state index in [1.807, 2.05) is 0 Å². The van der Waals surface area contributed by atoms with Gasteiger partial charge < -0.3 is 23.7 Å². The molecule has 0 N–H and O–H groups in total. The summed E-state index contributed by atoms with van der Waals surface area (Å²) in [6.45, 7) is 5.29. The lowest BCUT2D eigenvalue weighted by Gasteiger charge is -2.26. The molecule has 0 bridgehead atoms. The number of epoxide rings is 3. The first kappa shape index (κ1) is 34.7. The lowest BCUT2D eigenvalue weighted by Crippen LogP contribution is -2.37. The molecule has 4 aliphatic rings. The molecule has 0 aromatic carbocycles. The molecule has 0 radical (unpaired) electrons. The van der Waals surface area contributed by atoms with E-state index >= 15 is 0 Å². The third-order valence-electron chi connectivity index (χ3n) is 10.2. The lowest BCUT2D eigenvalue weighted by molar-refractivity contribution is -0.162. The summed E-state index contributed by atoms with van der Waals surface area (Å²) in [7, 11) is 0. The van der Waals surface area contributed by atoms with Crippen molar-refractivity contribution in [3.8, 4) is 0 Å². The van der Waals surface area contributed by atoms with E-state index in [4.69, 9.17) is 23.7 Å². The molecule has 3 aliphatic heterocycles. The van der Waals surface area contributed by atoms with Gasteiger partial charge in [-0.2, -0.15) is 0 Å². The molecule has 0 aromatic heterocycles. The van der Waals surface area contributed by atoms with Crippen LogP contribution >= 0.6 is 0 Å². The first-order valence-corrected chi connectivity index (χ1v) is 18.4. The van der Waals surface area contributed by atoms with Gasteiger partial charge in [0.05, 0.1) is 61.7 Å². The third-order valence-corrected chi connectivity index (χ3v) is 10.2. The van der Waals surface area contributed by atoms with Crippen molar-refractivity contribution in [1.82, 2.24) is 0 Å². The Bertz CT molecular complexity index is 738. The minimum absolute atomic E-state index is 0.113. The highest BCUT2D eigenvalue weighted by Gasteiger charge is 2.53. The molecule has 0 spiro atoms. The van der Waals surface area contributed by atoms with E-state index in [0.717, 1.165) is 38.5 Å². The van der Waals surface area contributed by atoms with Crippen molar-refractivity contribution in [2.45, 2.75) is 192 Å². The summed E-state index contributed by atoms with van der Waals surface area (Å²) in [5.41, 5.74) is 0. The van der Waals surface area contributed by atoms with Gasteiger partial charge in [0.1, 0.15) is 0 Å². The number of fused-ring (bicyclic) bond motifs is 1. The van der Waals surface area contributed by atoms with Crippen molar-refractivity contribution < 1.29 is 33.3 Å². The Morgan fingerprint density at radius 2 is 0.837 bits per heavy atom. The largest absolute Gasteiger partial charge is 0.465 e. The van der Waals surface area contributed by atoms with Crippen LogP contribution in [0.3, 0.4) is 0 Å². The molecule has 8 unspecified atom stereocenters. The molecule has 3 heterocycles. The van der Waals surface area contributed by atoms with Gasteiger partial charge in [-0.3, -0.25) is 9.59 Å². The molecule has 8 atom stereocenters. The Balaban J connectivity index is 0.952. The standard InChI is InChI=1S/C36H62O7/c1-3-29-31(41-29)21-17-13-9-5-7-11-15-19-23-39-35(37)27-25-33-34(43-33)26-28(27)36(38)40-24-20-16-12-8-6-10-14-18-22-32-30(4-2)42-32/h27-34H,3-26H2,1-2H3. The monoisotopic (exact) mass is 606 g/mol. The Hall–Kier alpha value is -1.18. The van der Waals surface area contributed by atoms with Crippen LogP contribution in [-0.2, 0) is 33.3 Å². The molecule has 0 aromatic rings. The van der Waals surface area contributed by atoms with E-state index in [9.17, 15) is 9.59 Å². The summed E-state index contributed by atoms with van der Waals surface area (Å²) in [5.74, 6) is -1.33. The first-order chi connectivity index (χ1) is 21.1. The summed E-state index contributed by atoms with van der Waals surface area (Å²) in [5, 5.41) is 0. The van der Waals surface area contributed by atoms with Crippen molar-refractivity contribution in [2.24, 2.45) is 11.8 Å². The number of esters is 2. The molecule has 43 heavy (non-hydrogen) atoms. The van der Waals surface area contributed by atoms with Crippen LogP contribution in [0.5, 0.6) is 0 Å². The predicted molar refractivity (Wildman–Crippen MR) is 168 cm³/mol. The normalized spacial score (nSPS) is 30.5. The summed E-state index contributed by atoms with van der Waals surface area (Å²) in [6.07, 6.45) is 27.5. The molecule has 248 valence electrons. The van der Waals surface area contributed by atoms with Gasteiger partial charge in [-0.1, -0.05) is 104 Å². The number of rotatable bonds is 26. The van der Waals surface area contributed by atoms with Crippen LogP contribution in [0.25, 0.3) is 0 Å². The van der Waals surface area contributed by atoms with Crippen LogP contribution in [0.4, 0.5) is 0 Å². The average molecular weight is 607 g/mol. The topological polar surface area (TPSA) is 90.2 Å². The Kier molecular flexibility index (Phi) is 15.6. The van der Waals surface area contributed by atoms with Gasteiger partial charge in [-0.25, -0.2) is 0 Å². The molecule has 4 fully saturated rings. The number of carbonyl (C=O) groups excluding carboxylic acids is 2. The lowest BCUT2D eigenvalue weighted by atomic mass is 9.79. The van der Waals surface area contributed by atoms with Crippen molar-refractivity contribution in [3.63, 3.8) is 0 Å². The Labute approximate surface area is 261 Å². The first-order valence-electron chi connectivity index (χ1n) is 18.4. The van der Waals surface area contributed by atoms with Gasteiger partial charge in [-0.15, -0.1) is 0 Å². The zero-order chi connectivity index (χ0) is 30.3. The van der Waals surface area contributed by atoms with Gasteiger partial charge in [0.2, 0.25) is 0 Å². The molecular formula is C36H62O7. The fraction of sp³-hybridized carbons (Fsp3) is 0.944. The van der Waals surface area contributed by atoms with Crippen LogP contribution in [0.15, 0.2) is 0 Å². The van der Waals surface area contributed by atoms with Crippen LogP contribution < -0.4 is 0 Å². The van der Waals surface area contributed by atoms with E-state index < -0.39 is 11.8 Å². The van der Waals surface area contributed by atoms with E-state index in [-0.39, 0.29) is 24.1 Å². The van der Waals surface area contributed by atoms with E-state index in [1.165, 1.54) is 89.9 Å². The summed E-state index contributed by atoms with van der Waals surface area (Å²) < 4.78 is 28.2. The molecule has 7 nitrogen and oxygen atoms in total. The van der Waals surface area contributed by atoms with Gasteiger partial charge >= 0.3 is 11.9 Å². The molecule has 0 amide bonds. The van der Waals surface area contributed by atoms with Crippen molar-refractivity contribution in [3.05, 3.63) is 0 Å². The summed E-state index contributed by atoms with van der Waals surface area (Å²) >= 11 is 0. The zero-order valence-corrected chi connectivity index (χ0v) is 27.4. The number of unbranched alkanes of at least 4 members (excludes halogenated alkanes) is 14. The Morgan fingerprint density at radius 1 is 0.488 bits per heavy atom.